The SMILES string of the molecule is CCOc1cc(/C=C2\SC(=O)N(CCOC)C2=O)ccc1OCC(C)C. The minimum absolute atomic E-state index is 0.255. The molecular weight excluding hydrogens is 354 g/mol. The number of carbonyl (C=O) groups excluding carboxylic acids is 2. The minimum atomic E-state index is -0.296. The van der Waals surface area contributed by atoms with Crippen molar-refractivity contribution in [3.8, 4) is 11.5 Å². The highest BCUT2D eigenvalue weighted by atomic mass is 32.2. The van der Waals surface area contributed by atoms with E-state index < -0.39 is 0 Å². The molecule has 6 nitrogen and oxygen atoms in total. The summed E-state index contributed by atoms with van der Waals surface area (Å²) in [5.41, 5.74) is 0.780. The lowest BCUT2D eigenvalue weighted by molar-refractivity contribution is -0.123. The predicted molar refractivity (Wildman–Crippen MR) is 102 cm³/mol. The number of methoxy groups -OCH3 is 1. The Labute approximate surface area is 158 Å². The fourth-order valence-electron chi connectivity index (χ4n) is 2.29. The van der Waals surface area contributed by atoms with Crippen LogP contribution in [0.2, 0.25) is 0 Å². The number of ether oxygens (including phenoxy) is 3. The summed E-state index contributed by atoms with van der Waals surface area (Å²) in [5.74, 6) is 1.41. The Kier molecular flexibility index (Phi) is 7.53. The van der Waals surface area contributed by atoms with E-state index >= 15 is 0 Å². The van der Waals surface area contributed by atoms with Crippen LogP contribution >= 0.6 is 11.8 Å². The van der Waals surface area contributed by atoms with Gasteiger partial charge in [-0.2, -0.15) is 0 Å². The summed E-state index contributed by atoms with van der Waals surface area (Å²) in [6.45, 7) is 7.74. The van der Waals surface area contributed by atoms with Gasteiger partial charge in [-0.3, -0.25) is 14.5 Å². The predicted octanol–water partition coefficient (Wildman–Crippen LogP) is 3.80. The zero-order valence-electron chi connectivity index (χ0n) is 15.6. The number of imide groups is 1. The Bertz CT molecular complexity index is 687. The molecule has 26 heavy (non-hydrogen) atoms. The average molecular weight is 379 g/mol. The van der Waals surface area contributed by atoms with Gasteiger partial charge in [-0.15, -0.1) is 0 Å². The first-order chi connectivity index (χ1) is 12.5. The summed E-state index contributed by atoms with van der Waals surface area (Å²) in [4.78, 5) is 26.0. The lowest BCUT2D eigenvalue weighted by atomic mass is 10.1. The molecule has 0 saturated carbocycles. The topological polar surface area (TPSA) is 65.1 Å². The van der Waals surface area contributed by atoms with Gasteiger partial charge in [-0.1, -0.05) is 19.9 Å². The maximum atomic E-state index is 12.4. The second-order valence-electron chi connectivity index (χ2n) is 6.17. The van der Waals surface area contributed by atoms with Crippen molar-refractivity contribution >= 4 is 29.0 Å². The van der Waals surface area contributed by atoms with E-state index in [1.807, 2.05) is 25.1 Å². The van der Waals surface area contributed by atoms with Crippen molar-refractivity contribution < 1.29 is 23.8 Å². The van der Waals surface area contributed by atoms with Gasteiger partial charge in [0.1, 0.15) is 0 Å². The number of thioether (sulfide) groups is 1. The van der Waals surface area contributed by atoms with Crippen LogP contribution in [0.25, 0.3) is 6.08 Å². The van der Waals surface area contributed by atoms with Crippen LogP contribution in [0, 0.1) is 5.92 Å². The largest absolute Gasteiger partial charge is 0.490 e. The standard InChI is InChI=1S/C19H25NO5S/c1-5-24-16-10-14(6-7-15(16)25-12-13(2)3)11-17-18(21)20(8-9-23-4)19(22)26-17/h6-7,10-11,13H,5,8-9,12H2,1-4H3/b17-11-. The van der Waals surface area contributed by atoms with Crippen LogP contribution in [0.3, 0.4) is 0 Å². The minimum Gasteiger partial charge on any atom is -0.490 e. The number of nitrogens with zero attached hydrogens (tertiary/aromatic N) is 1. The third-order valence-electron chi connectivity index (χ3n) is 3.53. The molecule has 1 heterocycles. The van der Waals surface area contributed by atoms with Crippen molar-refractivity contribution in [3.63, 3.8) is 0 Å². The molecule has 7 heteroatoms. The highest BCUT2D eigenvalue weighted by Gasteiger charge is 2.34. The molecule has 1 aromatic rings. The number of carbonyl (C=O) groups is 2. The van der Waals surface area contributed by atoms with Crippen molar-refractivity contribution in [2.75, 3.05) is 33.5 Å². The van der Waals surface area contributed by atoms with Crippen molar-refractivity contribution in [2.45, 2.75) is 20.8 Å². The second kappa shape index (κ2) is 9.64. The zero-order valence-corrected chi connectivity index (χ0v) is 16.4. The Hall–Kier alpha value is -1.99. The van der Waals surface area contributed by atoms with Crippen LogP contribution < -0.4 is 9.47 Å². The van der Waals surface area contributed by atoms with Gasteiger partial charge < -0.3 is 14.2 Å². The molecule has 142 valence electrons. The molecular formula is C19H25NO5S. The number of hydrogen-bond acceptors (Lipinski definition) is 6. The molecule has 0 radical (unpaired) electrons. The molecule has 1 saturated heterocycles. The van der Waals surface area contributed by atoms with E-state index in [4.69, 9.17) is 14.2 Å². The summed E-state index contributed by atoms with van der Waals surface area (Å²) in [6, 6.07) is 5.50. The van der Waals surface area contributed by atoms with Crippen molar-refractivity contribution in [2.24, 2.45) is 5.92 Å². The average Bonchev–Trinajstić information content (AvgIpc) is 2.86. The highest BCUT2D eigenvalue weighted by Crippen LogP contribution is 2.34. The molecule has 0 bridgehead atoms. The van der Waals surface area contributed by atoms with Gasteiger partial charge in [0, 0.05) is 7.11 Å². The summed E-state index contributed by atoms with van der Waals surface area (Å²) in [7, 11) is 1.53. The molecule has 0 N–H and O–H groups in total. The fourth-order valence-corrected chi connectivity index (χ4v) is 3.15. The lowest BCUT2D eigenvalue weighted by Crippen LogP contribution is -2.31. The molecule has 0 aromatic heterocycles. The van der Waals surface area contributed by atoms with E-state index in [0.29, 0.717) is 42.1 Å². The fraction of sp³-hybridized carbons (Fsp3) is 0.474. The van der Waals surface area contributed by atoms with Gasteiger partial charge in [0.05, 0.1) is 31.3 Å². The molecule has 2 rings (SSSR count). The number of rotatable bonds is 9. The maximum absolute atomic E-state index is 12.4. The highest BCUT2D eigenvalue weighted by molar-refractivity contribution is 8.18. The molecule has 0 spiro atoms. The van der Waals surface area contributed by atoms with Gasteiger partial charge in [0.2, 0.25) is 0 Å². The van der Waals surface area contributed by atoms with E-state index in [9.17, 15) is 9.59 Å². The molecule has 0 aliphatic carbocycles. The van der Waals surface area contributed by atoms with E-state index in [1.165, 1.54) is 12.0 Å². The van der Waals surface area contributed by atoms with Crippen LogP contribution in [0.4, 0.5) is 4.79 Å². The van der Waals surface area contributed by atoms with Crippen molar-refractivity contribution in [1.29, 1.82) is 0 Å². The molecule has 1 aliphatic heterocycles. The van der Waals surface area contributed by atoms with Crippen LogP contribution in [-0.4, -0.2) is 49.5 Å². The quantitative estimate of drug-likeness (QED) is 0.608. The Morgan fingerprint density at radius 1 is 1.19 bits per heavy atom. The summed E-state index contributed by atoms with van der Waals surface area (Å²) >= 11 is 0.936. The third-order valence-corrected chi connectivity index (χ3v) is 4.44. The monoisotopic (exact) mass is 379 g/mol. The maximum Gasteiger partial charge on any atom is 0.293 e. The summed E-state index contributed by atoms with van der Waals surface area (Å²) < 4.78 is 16.4. The number of benzene rings is 1. The molecule has 1 aliphatic rings. The summed E-state index contributed by atoms with van der Waals surface area (Å²) in [6.07, 6.45) is 1.70. The van der Waals surface area contributed by atoms with Gasteiger partial charge in [0.25, 0.3) is 11.1 Å². The van der Waals surface area contributed by atoms with Gasteiger partial charge >= 0.3 is 0 Å². The van der Waals surface area contributed by atoms with E-state index in [2.05, 4.69) is 13.8 Å². The summed E-state index contributed by atoms with van der Waals surface area (Å²) in [5, 5.41) is -0.278. The van der Waals surface area contributed by atoms with Crippen LogP contribution in [-0.2, 0) is 9.53 Å². The van der Waals surface area contributed by atoms with Crippen LogP contribution in [0.5, 0.6) is 11.5 Å². The van der Waals surface area contributed by atoms with E-state index in [1.54, 1.807) is 6.08 Å². The van der Waals surface area contributed by atoms with Crippen molar-refractivity contribution in [1.82, 2.24) is 4.90 Å². The molecule has 0 atom stereocenters. The van der Waals surface area contributed by atoms with E-state index in [-0.39, 0.29) is 17.7 Å². The Morgan fingerprint density at radius 3 is 2.62 bits per heavy atom. The molecule has 0 unspecified atom stereocenters. The first kappa shape index (κ1) is 20.3. The Balaban J connectivity index is 2.20. The Morgan fingerprint density at radius 2 is 1.96 bits per heavy atom. The number of amides is 2. The smallest absolute Gasteiger partial charge is 0.293 e. The second-order valence-corrected chi connectivity index (χ2v) is 7.16. The van der Waals surface area contributed by atoms with Crippen LogP contribution in [0.15, 0.2) is 23.1 Å². The molecule has 2 amide bonds. The third kappa shape index (κ3) is 5.25. The molecule has 1 aromatic carbocycles. The zero-order chi connectivity index (χ0) is 19.1. The van der Waals surface area contributed by atoms with E-state index in [0.717, 1.165) is 17.3 Å². The lowest BCUT2D eigenvalue weighted by Gasteiger charge is -2.14. The van der Waals surface area contributed by atoms with Gasteiger partial charge in [-0.05, 0) is 48.4 Å². The molecule has 1 fully saturated rings. The van der Waals surface area contributed by atoms with Crippen LogP contribution in [0.1, 0.15) is 26.3 Å². The normalized spacial score (nSPS) is 16.0. The first-order valence-corrected chi connectivity index (χ1v) is 9.41. The number of hydrogen-bond donors (Lipinski definition) is 0. The first-order valence-electron chi connectivity index (χ1n) is 8.60. The van der Waals surface area contributed by atoms with Gasteiger partial charge in [-0.25, -0.2) is 0 Å². The van der Waals surface area contributed by atoms with Crippen molar-refractivity contribution in [3.05, 3.63) is 28.7 Å². The van der Waals surface area contributed by atoms with Gasteiger partial charge in [0.15, 0.2) is 11.5 Å².